The van der Waals surface area contributed by atoms with E-state index >= 15 is 0 Å². The van der Waals surface area contributed by atoms with Gasteiger partial charge in [0.1, 0.15) is 23.1 Å². The Labute approximate surface area is 243 Å². The molecule has 6 nitrogen and oxygen atoms in total. The first kappa shape index (κ1) is 47.4. The van der Waals surface area contributed by atoms with Crippen LogP contribution < -0.4 is 0 Å². The van der Waals surface area contributed by atoms with Crippen LogP contribution in [0.2, 0.25) is 0 Å². The van der Waals surface area contributed by atoms with Gasteiger partial charge in [-0.2, -0.15) is 0 Å². The first-order valence-electron chi connectivity index (χ1n) is 15.5. The predicted octanol–water partition coefficient (Wildman–Crippen LogP) is 8.62. The van der Waals surface area contributed by atoms with Crippen molar-refractivity contribution in [3.8, 4) is 0 Å². The standard InChI is InChI=1S/C15H32O2.C6H12O.C5H10O.C4H8O.C3H6O/c1-2-3-4-6-9-12-15(17)13-10-7-5-8-11-14-16;1-4-5(2)6(3)7;1-3-4-5(2)6;1-3-4(2)5;1-3(2)4/h15-17H,2-14H2,1H3;5H,4H2,1-3H3;3-4H2,1-2H3;3H2,1-2H3;1-2H3. The number of hydrogen-bond donors (Lipinski definition) is 2. The third-order valence-corrected chi connectivity index (χ3v) is 5.74. The quantitative estimate of drug-likeness (QED) is 0.162. The number of hydrogen-bond acceptors (Lipinski definition) is 6. The van der Waals surface area contributed by atoms with Crippen molar-refractivity contribution in [3.63, 3.8) is 0 Å². The van der Waals surface area contributed by atoms with E-state index in [2.05, 4.69) is 6.92 Å². The molecular formula is C33H68O6. The second-order valence-electron chi connectivity index (χ2n) is 10.5. The van der Waals surface area contributed by atoms with E-state index in [-0.39, 0.29) is 29.4 Å². The van der Waals surface area contributed by atoms with Crippen LogP contribution in [0, 0.1) is 5.92 Å². The van der Waals surface area contributed by atoms with Gasteiger partial charge in [0, 0.05) is 25.4 Å². The lowest BCUT2D eigenvalue weighted by Crippen LogP contribution is -2.05. The zero-order chi connectivity index (χ0) is 31.5. The Balaban J connectivity index is -0.000000144. The van der Waals surface area contributed by atoms with Crippen LogP contribution in [0.3, 0.4) is 0 Å². The maximum absolute atomic E-state index is 10.4. The van der Waals surface area contributed by atoms with Gasteiger partial charge in [0.15, 0.2) is 0 Å². The largest absolute Gasteiger partial charge is 0.396 e. The second kappa shape index (κ2) is 41.1. The van der Waals surface area contributed by atoms with Gasteiger partial charge in [-0.1, -0.05) is 92.4 Å². The zero-order valence-corrected chi connectivity index (χ0v) is 27.7. The average molecular weight is 561 g/mol. The SMILES string of the molecule is CC(C)=O.CCC(C)=O.CCC(C)C(C)=O.CCCC(C)=O.CCCCCCCC(O)CCCCCCCO. The van der Waals surface area contributed by atoms with Gasteiger partial charge in [0.25, 0.3) is 0 Å². The summed E-state index contributed by atoms with van der Waals surface area (Å²) in [5.74, 6) is 1.27. The molecule has 0 aromatic carbocycles. The van der Waals surface area contributed by atoms with E-state index < -0.39 is 0 Å². The van der Waals surface area contributed by atoms with Crippen LogP contribution in [0.15, 0.2) is 0 Å². The first-order chi connectivity index (χ1) is 18.3. The molecule has 0 spiro atoms. The van der Waals surface area contributed by atoms with Crippen molar-refractivity contribution in [2.45, 2.75) is 178 Å². The summed E-state index contributed by atoms with van der Waals surface area (Å²) in [7, 11) is 0. The highest BCUT2D eigenvalue weighted by molar-refractivity contribution is 5.77. The lowest BCUT2D eigenvalue weighted by atomic mass is 10.0. The number of ketones is 4. The maximum Gasteiger partial charge on any atom is 0.132 e. The van der Waals surface area contributed by atoms with Crippen LogP contribution in [0.4, 0.5) is 0 Å². The molecule has 0 heterocycles. The predicted molar refractivity (Wildman–Crippen MR) is 167 cm³/mol. The Kier molecular flexibility index (Phi) is 49.9. The molecule has 2 N–H and O–H groups in total. The Morgan fingerprint density at radius 1 is 0.615 bits per heavy atom. The summed E-state index contributed by atoms with van der Waals surface area (Å²) in [6.07, 6.45) is 17.2. The molecule has 0 aromatic heterocycles. The second-order valence-corrected chi connectivity index (χ2v) is 10.5. The molecule has 0 bridgehead atoms. The van der Waals surface area contributed by atoms with Gasteiger partial charge in [-0.15, -0.1) is 0 Å². The highest BCUT2D eigenvalue weighted by Gasteiger charge is 2.03. The van der Waals surface area contributed by atoms with Crippen LogP contribution in [0.25, 0.3) is 0 Å². The molecule has 0 aliphatic carbocycles. The molecule has 0 amide bonds. The molecule has 2 unspecified atom stereocenters. The third kappa shape index (κ3) is 72.4. The van der Waals surface area contributed by atoms with Crippen molar-refractivity contribution in [2.75, 3.05) is 6.61 Å². The Bertz CT molecular complexity index is 526. The highest BCUT2D eigenvalue weighted by Crippen LogP contribution is 2.13. The molecule has 0 aliphatic rings. The molecule has 0 saturated heterocycles. The molecule has 0 radical (unpaired) electrons. The van der Waals surface area contributed by atoms with E-state index in [1.165, 1.54) is 58.8 Å². The van der Waals surface area contributed by atoms with Gasteiger partial charge in [-0.05, 0) is 66.7 Å². The number of rotatable bonds is 18. The Hall–Kier alpha value is -1.40. The lowest BCUT2D eigenvalue weighted by molar-refractivity contribution is -0.120. The summed E-state index contributed by atoms with van der Waals surface area (Å²) in [5.41, 5.74) is 0. The molecule has 0 fully saturated rings. The van der Waals surface area contributed by atoms with E-state index in [0.717, 1.165) is 51.4 Å². The van der Waals surface area contributed by atoms with Crippen molar-refractivity contribution < 1.29 is 29.4 Å². The molecule has 236 valence electrons. The minimum Gasteiger partial charge on any atom is -0.396 e. The van der Waals surface area contributed by atoms with Crippen LogP contribution in [-0.2, 0) is 19.2 Å². The van der Waals surface area contributed by atoms with Crippen molar-refractivity contribution in [3.05, 3.63) is 0 Å². The van der Waals surface area contributed by atoms with Gasteiger partial charge < -0.3 is 24.6 Å². The van der Waals surface area contributed by atoms with Crippen molar-refractivity contribution >= 4 is 23.1 Å². The van der Waals surface area contributed by atoms with Crippen LogP contribution in [0.5, 0.6) is 0 Å². The number of carbonyl (C=O) groups excluding carboxylic acids is 4. The molecule has 0 rings (SSSR count). The van der Waals surface area contributed by atoms with Crippen molar-refractivity contribution in [2.24, 2.45) is 5.92 Å². The average Bonchev–Trinajstić information content (AvgIpc) is 2.86. The van der Waals surface area contributed by atoms with Crippen molar-refractivity contribution in [1.29, 1.82) is 0 Å². The van der Waals surface area contributed by atoms with E-state index in [0.29, 0.717) is 18.8 Å². The highest BCUT2D eigenvalue weighted by atomic mass is 16.3. The Morgan fingerprint density at radius 2 is 1.00 bits per heavy atom. The summed E-state index contributed by atoms with van der Waals surface area (Å²) in [4.78, 5) is 39.7. The van der Waals surface area contributed by atoms with Gasteiger partial charge in [0.2, 0.25) is 0 Å². The van der Waals surface area contributed by atoms with Gasteiger partial charge in [0.05, 0.1) is 6.10 Å². The summed E-state index contributed by atoms with van der Waals surface area (Å²) in [5, 5.41) is 18.4. The molecule has 39 heavy (non-hydrogen) atoms. The number of unbranched alkanes of at least 4 members (excludes halogenated alkanes) is 8. The molecule has 0 aromatic rings. The van der Waals surface area contributed by atoms with Gasteiger partial charge in [-0.3, -0.25) is 4.79 Å². The number of Topliss-reactive ketones (excluding diaryl/α,β-unsaturated/α-hetero) is 4. The van der Waals surface area contributed by atoms with Crippen molar-refractivity contribution in [1.82, 2.24) is 0 Å². The summed E-state index contributed by atoms with van der Waals surface area (Å²) in [6.45, 7) is 18.3. The Morgan fingerprint density at radius 3 is 1.23 bits per heavy atom. The van der Waals surface area contributed by atoms with E-state index in [1.807, 2.05) is 27.7 Å². The summed E-state index contributed by atoms with van der Waals surface area (Å²) in [6, 6.07) is 0. The topological polar surface area (TPSA) is 109 Å². The smallest absolute Gasteiger partial charge is 0.132 e. The summed E-state index contributed by atoms with van der Waals surface area (Å²) >= 11 is 0. The molecule has 0 saturated carbocycles. The lowest BCUT2D eigenvalue weighted by Gasteiger charge is -2.10. The zero-order valence-electron chi connectivity index (χ0n) is 27.7. The van der Waals surface area contributed by atoms with Gasteiger partial charge >= 0.3 is 0 Å². The third-order valence-electron chi connectivity index (χ3n) is 5.74. The number of aliphatic hydroxyl groups is 2. The van der Waals surface area contributed by atoms with E-state index in [9.17, 15) is 24.3 Å². The summed E-state index contributed by atoms with van der Waals surface area (Å²) < 4.78 is 0. The van der Waals surface area contributed by atoms with Crippen LogP contribution in [-0.4, -0.2) is 46.1 Å². The van der Waals surface area contributed by atoms with Gasteiger partial charge in [-0.25, -0.2) is 0 Å². The molecule has 0 aliphatic heterocycles. The maximum atomic E-state index is 10.4. The molecule has 2 atom stereocenters. The minimum absolute atomic E-state index is 0.0746. The fourth-order valence-corrected chi connectivity index (χ4v) is 2.79. The molecular weight excluding hydrogens is 492 g/mol. The normalized spacial score (nSPS) is 11.0. The van der Waals surface area contributed by atoms with E-state index in [1.54, 1.807) is 20.8 Å². The fourth-order valence-electron chi connectivity index (χ4n) is 2.79. The number of carbonyl (C=O) groups is 4. The number of aliphatic hydroxyl groups excluding tert-OH is 2. The monoisotopic (exact) mass is 561 g/mol. The fraction of sp³-hybridized carbons (Fsp3) is 0.879. The molecule has 6 heteroatoms. The van der Waals surface area contributed by atoms with Crippen LogP contribution >= 0.6 is 0 Å². The van der Waals surface area contributed by atoms with Crippen LogP contribution in [0.1, 0.15) is 172 Å². The van der Waals surface area contributed by atoms with E-state index in [4.69, 9.17) is 5.11 Å². The first-order valence-corrected chi connectivity index (χ1v) is 15.5. The minimum atomic E-state index is -0.0746.